The zero-order chi connectivity index (χ0) is 21.5. The first-order valence-electron chi connectivity index (χ1n) is 11.1. The van der Waals surface area contributed by atoms with Crippen LogP contribution in [0, 0.1) is 0 Å². The maximum Gasteiger partial charge on any atom is 0.180 e. The number of fused-ring (bicyclic) bond motifs is 3. The molecule has 3 heteroatoms. The molecule has 32 heavy (non-hydrogen) atoms. The Morgan fingerprint density at radius 1 is 0.719 bits per heavy atom. The van der Waals surface area contributed by atoms with Crippen molar-refractivity contribution in [3.63, 3.8) is 0 Å². The average Bonchev–Trinajstić information content (AvgIpc) is 3.40. The van der Waals surface area contributed by atoms with Crippen LogP contribution in [0.2, 0.25) is 0 Å². The Hall–Kier alpha value is -3.85. The van der Waals surface area contributed by atoms with Gasteiger partial charge >= 0.3 is 0 Å². The van der Waals surface area contributed by atoms with Crippen LogP contribution >= 0.6 is 0 Å². The molecule has 0 radical (unpaired) electrons. The van der Waals surface area contributed by atoms with Gasteiger partial charge in [-0.25, -0.2) is 4.99 Å². The maximum absolute atomic E-state index is 5.63. The molecule has 1 unspecified atom stereocenters. The molecule has 0 N–H and O–H groups in total. The summed E-state index contributed by atoms with van der Waals surface area (Å²) in [6, 6.07) is 35.0. The van der Waals surface area contributed by atoms with Crippen molar-refractivity contribution >= 4 is 27.7 Å². The molecule has 0 amide bonds. The Labute approximate surface area is 187 Å². The van der Waals surface area contributed by atoms with Gasteiger partial charge in [0.1, 0.15) is 12.6 Å². The molecule has 0 saturated heterocycles. The van der Waals surface area contributed by atoms with Gasteiger partial charge < -0.3 is 9.30 Å². The van der Waals surface area contributed by atoms with Gasteiger partial charge in [-0.3, -0.25) is 0 Å². The molecule has 0 aliphatic carbocycles. The van der Waals surface area contributed by atoms with Gasteiger partial charge in [0, 0.05) is 35.3 Å². The van der Waals surface area contributed by atoms with Crippen molar-refractivity contribution in [3.05, 3.63) is 97.1 Å². The van der Waals surface area contributed by atoms with E-state index in [1.807, 2.05) is 6.92 Å². The van der Waals surface area contributed by atoms with E-state index in [9.17, 15) is 0 Å². The minimum Gasteiger partial charge on any atom is -0.479 e. The second-order valence-electron chi connectivity index (χ2n) is 8.42. The summed E-state index contributed by atoms with van der Waals surface area (Å²) in [5.41, 5.74) is 7.42. The highest BCUT2D eigenvalue weighted by Gasteiger charge is 2.20. The van der Waals surface area contributed by atoms with Gasteiger partial charge in [-0.1, -0.05) is 72.8 Å². The molecule has 0 saturated carbocycles. The molecule has 6 rings (SSSR count). The number of aliphatic imine (C=N–C) groups is 1. The fourth-order valence-electron chi connectivity index (χ4n) is 4.77. The van der Waals surface area contributed by atoms with Crippen LogP contribution in [0.3, 0.4) is 0 Å². The average molecular weight is 417 g/mol. The predicted octanol–water partition coefficient (Wildman–Crippen LogP) is 6.95. The van der Waals surface area contributed by atoms with Gasteiger partial charge in [-0.2, -0.15) is 0 Å². The number of aromatic nitrogens is 1. The SMILES string of the molecule is CC1=NC(Cn2c3ccc(-c4ccccc4)cc3c3cc(-c4ccccc4)ccc32)CO1. The Bertz CT molecular complexity index is 1350. The van der Waals surface area contributed by atoms with Gasteiger partial charge in [0.15, 0.2) is 5.90 Å². The van der Waals surface area contributed by atoms with Crippen molar-refractivity contribution in [1.82, 2.24) is 4.57 Å². The third-order valence-electron chi connectivity index (χ3n) is 6.32. The van der Waals surface area contributed by atoms with Crippen LogP contribution in [0.4, 0.5) is 0 Å². The second-order valence-corrected chi connectivity index (χ2v) is 8.42. The fraction of sp³-hybridized carbons (Fsp3) is 0.138. The number of benzene rings is 4. The number of nitrogens with zero attached hydrogens (tertiary/aromatic N) is 2. The Kier molecular flexibility index (Phi) is 4.53. The molecule has 0 bridgehead atoms. The number of ether oxygens (including phenoxy) is 1. The van der Waals surface area contributed by atoms with E-state index in [-0.39, 0.29) is 6.04 Å². The maximum atomic E-state index is 5.63. The largest absolute Gasteiger partial charge is 0.479 e. The lowest BCUT2D eigenvalue weighted by atomic mass is 10.0. The lowest BCUT2D eigenvalue weighted by molar-refractivity contribution is 0.305. The van der Waals surface area contributed by atoms with Crippen LogP contribution in [-0.2, 0) is 11.3 Å². The Morgan fingerprint density at radius 3 is 1.72 bits per heavy atom. The molecule has 0 fully saturated rings. The van der Waals surface area contributed by atoms with Crippen molar-refractivity contribution in [2.45, 2.75) is 19.5 Å². The second kappa shape index (κ2) is 7.69. The van der Waals surface area contributed by atoms with Crippen molar-refractivity contribution in [2.24, 2.45) is 4.99 Å². The molecule has 4 aromatic carbocycles. The van der Waals surface area contributed by atoms with Crippen LogP contribution < -0.4 is 0 Å². The fourth-order valence-corrected chi connectivity index (χ4v) is 4.77. The van der Waals surface area contributed by atoms with E-state index in [1.165, 1.54) is 44.1 Å². The normalized spacial score (nSPS) is 15.8. The predicted molar refractivity (Wildman–Crippen MR) is 133 cm³/mol. The molecule has 1 aromatic heterocycles. The van der Waals surface area contributed by atoms with Gasteiger partial charge in [0.2, 0.25) is 0 Å². The molecule has 0 spiro atoms. The van der Waals surface area contributed by atoms with Crippen LogP contribution in [0.15, 0.2) is 102 Å². The minimum absolute atomic E-state index is 0.149. The van der Waals surface area contributed by atoms with Gasteiger partial charge in [0.25, 0.3) is 0 Å². The molecule has 2 heterocycles. The lowest BCUT2D eigenvalue weighted by Gasteiger charge is -2.11. The molecular weight excluding hydrogens is 392 g/mol. The zero-order valence-electron chi connectivity index (χ0n) is 18.0. The lowest BCUT2D eigenvalue weighted by Crippen LogP contribution is -2.15. The molecule has 3 nitrogen and oxygen atoms in total. The summed E-state index contributed by atoms with van der Waals surface area (Å²) >= 11 is 0. The third kappa shape index (κ3) is 3.27. The number of hydrogen-bond donors (Lipinski definition) is 0. The van der Waals surface area contributed by atoms with Crippen LogP contribution in [-0.4, -0.2) is 23.1 Å². The number of rotatable bonds is 4. The van der Waals surface area contributed by atoms with Crippen molar-refractivity contribution in [2.75, 3.05) is 6.61 Å². The van der Waals surface area contributed by atoms with E-state index in [0.29, 0.717) is 6.61 Å². The molecular formula is C29H24N2O. The smallest absolute Gasteiger partial charge is 0.180 e. The van der Waals surface area contributed by atoms with Crippen molar-refractivity contribution in [1.29, 1.82) is 0 Å². The monoisotopic (exact) mass is 416 g/mol. The first-order valence-corrected chi connectivity index (χ1v) is 11.1. The van der Waals surface area contributed by atoms with Crippen LogP contribution in [0.5, 0.6) is 0 Å². The van der Waals surface area contributed by atoms with E-state index in [1.54, 1.807) is 0 Å². The highest BCUT2D eigenvalue weighted by molar-refractivity contribution is 6.10. The Balaban J connectivity index is 1.57. The highest BCUT2D eigenvalue weighted by Crippen LogP contribution is 2.35. The summed E-state index contributed by atoms with van der Waals surface area (Å²) in [5.74, 6) is 0.786. The molecule has 1 atom stereocenters. The van der Waals surface area contributed by atoms with Crippen LogP contribution in [0.25, 0.3) is 44.1 Å². The molecule has 156 valence electrons. The summed E-state index contributed by atoms with van der Waals surface area (Å²) in [6.45, 7) is 3.40. The Morgan fingerprint density at radius 2 is 1.25 bits per heavy atom. The van der Waals surface area contributed by atoms with Gasteiger partial charge in [0.05, 0.1) is 0 Å². The standard InChI is InChI=1S/C29H24N2O/c1-20-30-25(19-32-20)18-31-28-14-12-23(21-8-4-2-5-9-21)16-26(28)27-17-24(13-15-29(27)31)22-10-6-3-7-11-22/h2-17,25H,18-19H2,1H3. The summed E-state index contributed by atoms with van der Waals surface area (Å²) in [7, 11) is 0. The van der Waals surface area contributed by atoms with Crippen LogP contribution in [0.1, 0.15) is 6.92 Å². The van der Waals surface area contributed by atoms with E-state index < -0.39 is 0 Å². The zero-order valence-corrected chi connectivity index (χ0v) is 18.0. The van der Waals surface area contributed by atoms with Gasteiger partial charge in [-0.05, 0) is 46.5 Å². The van der Waals surface area contributed by atoms with Crippen molar-refractivity contribution < 1.29 is 4.74 Å². The van der Waals surface area contributed by atoms with Gasteiger partial charge in [-0.15, -0.1) is 0 Å². The summed E-state index contributed by atoms with van der Waals surface area (Å²) in [5, 5.41) is 2.55. The van der Waals surface area contributed by atoms with E-state index in [2.05, 4.69) is 107 Å². The first-order chi connectivity index (χ1) is 15.8. The molecule has 1 aliphatic rings. The number of hydrogen-bond acceptors (Lipinski definition) is 2. The minimum atomic E-state index is 0.149. The highest BCUT2D eigenvalue weighted by atomic mass is 16.5. The third-order valence-corrected chi connectivity index (χ3v) is 6.32. The van der Waals surface area contributed by atoms with E-state index in [0.717, 1.165) is 12.4 Å². The summed E-state index contributed by atoms with van der Waals surface area (Å²) < 4.78 is 8.04. The van der Waals surface area contributed by atoms with E-state index >= 15 is 0 Å². The van der Waals surface area contributed by atoms with Crippen molar-refractivity contribution in [3.8, 4) is 22.3 Å². The molecule has 1 aliphatic heterocycles. The quantitative estimate of drug-likeness (QED) is 0.311. The molecule has 5 aromatic rings. The topological polar surface area (TPSA) is 26.5 Å². The van der Waals surface area contributed by atoms with E-state index in [4.69, 9.17) is 4.74 Å². The summed E-state index contributed by atoms with van der Waals surface area (Å²) in [4.78, 5) is 4.68. The first kappa shape index (κ1) is 18.9. The summed E-state index contributed by atoms with van der Waals surface area (Å²) in [6.07, 6.45) is 0.